The lowest BCUT2D eigenvalue weighted by molar-refractivity contribution is -0.148. The molecule has 14 heteroatoms. The average molecular weight is 453 g/mol. The first-order valence-corrected chi connectivity index (χ1v) is 8.71. The molecule has 0 radical (unpaired) electrons. The zero-order chi connectivity index (χ0) is 23.3. The summed E-state index contributed by atoms with van der Waals surface area (Å²) in [5.41, 5.74) is 5.64. The third-order valence-electron chi connectivity index (χ3n) is 4.37. The molecular formula is C17H17F6N5O3. The Morgan fingerprint density at radius 3 is 2.39 bits per heavy atom. The minimum Gasteiger partial charge on any atom is -0.483 e. The van der Waals surface area contributed by atoms with E-state index in [1.54, 1.807) is 0 Å². The van der Waals surface area contributed by atoms with E-state index in [2.05, 4.69) is 10.2 Å². The number of carboxylic acid groups (broad SMARTS) is 1. The molecule has 1 aromatic heterocycles. The summed E-state index contributed by atoms with van der Waals surface area (Å²) in [7, 11) is 0. The molecule has 8 nitrogen and oxygen atoms in total. The number of carbonyl (C=O) groups excluding carboxylic acids is 1. The van der Waals surface area contributed by atoms with Crippen LogP contribution in [-0.2, 0) is 35.3 Å². The summed E-state index contributed by atoms with van der Waals surface area (Å²) in [5, 5.41) is 13.5. The Bertz CT molecular complexity index is 949. The van der Waals surface area contributed by atoms with Crippen molar-refractivity contribution in [3.8, 4) is 0 Å². The highest BCUT2D eigenvalue weighted by atomic mass is 19.4. The van der Waals surface area contributed by atoms with Crippen molar-refractivity contribution in [3.63, 3.8) is 0 Å². The number of halogens is 6. The van der Waals surface area contributed by atoms with E-state index in [1.807, 2.05) is 0 Å². The van der Waals surface area contributed by atoms with Gasteiger partial charge < -0.3 is 20.3 Å². The van der Waals surface area contributed by atoms with Gasteiger partial charge in [0.1, 0.15) is 5.82 Å². The molecule has 1 aromatic carbocycles. The summed E-state index contributed by atoms with van der Waals surface area (Å²) >= 11 is 0. The first kappa shape index (κ1) is 24.1. The number of carbonyl (C=O) groups is 2. The molecule has 3 N–H and O–H groups in total. The van der Waals surface area contributed by atoms with Crippen LogP contribution in [0.5, 0.6) is 0 Å². The van der Waals surface area contributed by atoms with Crippen LogP contribution in [0.25, 0.3) is 0 Å². The van der Waals surface area contributed by atoms with Crippen molar-refractivity contribution in [2.75, 3.05) is 6.54 Å². The van der Waals surface area contributed by atoms with Crippen molar-refractivity contribution in [1.29, 1.82) is 0 Å². The molecule has 1 atom stereocenters. The fraction of sp³-hybridized carbons (Fsp3) is 0.412. The Morgan fingerprint density at radius 2 is 1.77 bits per heavy atom. The van der Waals surface area contributed by atoms with E-state index in [9.17, 15) is 31.1 Å². The van der Waals surface area contributed by atoms with E-state index in [1.165, 1.54) is 4.90 Å². The van der Waals surface area contributed by atoms with Gasteiger partial charge in [0.05, 0.1) is 6.54 Å². The van der Waals surface area contributed by atoms with Gasteiger partial charge in [-0.15, -0.1) is 10.2 Å². The van der Waals surface area contributed by atoms with Crippen LogP contribution in [0.1, 0.15) is 23.6 Å². The van der Waals surface area contributed by atoms with Gasteiger partial charge in [0.2, 0.25) is 11.7 Å². The summed E-state index contributed by atoms with van der Waals surface area (Å²) in [4.78, 5) is 22.0. The third kappa shape index (κ3) is 5.93. The fourth-order valence-corrected chi connectivity index (χ4v) is 3.01. The predicted octanol–water partition coefficient (Wildman–Crippen LogP) is 1.72. The summed E-state index contributed by atoms with van der Waals surface area (Å²) in [6.07, 6.45) is -5.11. The normalized spacial score (nSPS) is 14.4. The molecule has 1 amide bonds. The molecule has 1 aliphatic heterocycles. The van der Waals surface area contributed by atoms with Gasteiger partial charge in [-0.1, -0.05) is 0 Å². The zero-order valence-corrected chi connectivity index (χ0v) is 15.7. The van der Waals surface area contributed by atoms with Gasteiger partial charge in [-0.25, -0.2) is 13.2 Å². The van der Waals surface area contributed by atoms with Crippen LogP contribution in [0.2, 0.25) is 0 Å². The SMILES string of the molecule is N[C@@H](CC(=O)N1CCn2c(nnc2C(F)(F)F)C1)Cc1cc(F)c(F)cc1F.O=CO. The minimum atomic E-state index is -4.64. The number of rotatable bonds is 4. The Hall–Kier alpha value is -3.16. The number of aromatic nitrogens is 3. The van der Waals surface area contributed by atoms with Gasteiger partial charge in [0.15, 0.2) is 17.5 Å². The standard InChI is InChI=1S/C16H15F6N5O.CH2O2/c17-10-6-12(19)11(18)4-8(10)3-9(23)5-14(28)26-1-2-27-13(7-26)24-25-15(27)16(20,21)22;2-1-3/h4,6,9H,1-3,5,7,23H2;1H,(H,2,3)/t9-;/m1./s1. The Balaban J connectivity index is 0.00000107. The molecule has 2 aromatic rings. The van der Waals surface area contributed by atoms with E-state index < -0.39 is 41.4 Å². The van der Waals surface area contributed by atoms with Crippen molar-refractivity contribution < 1.29 is 41.0 Å². The quantitative estimate of drug-likeness (QED) is 0.414. The second-order valence-corrected chi connectivity index (χ2v) is 6.54. The van der Waals surface area contributed by atoms with Crippen LogP contribution in [0, 0.1) is 17.5 Å². The lowest BCUT2D eigenvalue weighted by Gasteiger charge is -2.29. The highest BCUT2D eigenvalue weighted by Crippen LogP contribution is 2.29. The van der Waals surface area contributed by atoms with Gasteiger partial charge in [-0.3, -0.25) is 9.59 Å². The van der Waals surface area contributed by atoms with E-state index >= 15 is 0 Å². The molecule has 0 aliphatic carbocycles. The molecular weight excluding hydrogens is 436 g/mol. The van der Waals surface area contributed by atoms with Gasteiger partial charge in [0, 0.05) is 31.6 Å². The summed E-state index contributed by atoms with van der Waals surface area (Å²) in [6, 6.07) is 0.184. The van der Waals surface area contributed by atoms with Crippen LogP contribution in [0.15, 0.2) is 12.1 Å². The highest BCUT2D eigenvalue weighted by molar-refractivity contribution is 5.76. The molecule has 0 fully saturated rings. The second-order valence-electron chi connectivity index (χ2n) is 6.54. The fourth-order valence-electron chi connectivity index (χ4n) is 3.01. The maximum atomic E-state index is 13.7. The van der Waals surface area contributed by atoms with Crippen molar-refractivity contribution >= 4 is 12.4 Å². The number of benzene rings is 1. The van der Waals surface area contributed by atoms with Crippen LogP contribution in [0.3, 0.4) is 0 Å². The second kappa shape index (κ2) is 9.76. The summed E-state index contributed by atoms with van der Waals surface area (Å²) in [6.45, 7) is -0.552. The van der Waals surface area contributed by atoms with E-state index in [0.717, 1.165) is 4.57 Å². The van der Waals surface area contributed by atoms with E-state index in [4.69, 9.17) is 15.6 Å². The summed E-state index contributed by atoms with van der Waals surface area (Å²) < 4.78 is 79.3. The Kier molecular flexibility index (Phi) is 7.60. The van der Waals surface area contributed by atoms with Crippen molar-refractivity contribution in [2.45, 2.75) is 38.1 Å². The Labute approximate surface area is 171 Å². The first-order valence-electron chi connectivity index (χ1n) is 8.71. The minimum absolute atomic E-state index is 0.000783. The Morgan fingerprint density at radius 1 is 1.16 bits per heavy atom. The van der Waals surface area contributed by atoms with Crippen LogP contribution in [0.4, 0.5) is 26.3 Å². The molecule has 31 heavy (non-hydrogen) atoms. The number of alkyl halides is 3. The number of hydrogen-bond donors (Lipinski definition) is 2. The van der Waals surface area contributed by atoms with Crippen molar-refractivity contribution in [3.05, 3.63) is 46.8 Å². The third-order valence-corrected chi connectivity index (χ3v) is 4.37. The van der Waals surface area contributed by atoms with Crippen LogP contribution >= 0.6 is 0 Å². The van der Waals surface area contributed by atoms with Crippen LogP contribution < -0.4 is 5.73 Å². The molecule has 0 saturated carbocycles. The largest absolute Gasteiger partial charge is 0.483 e. The molecule has 0 saturated heterocycles. The molecule has 170 valence electrons. The molecule has 0 bridgehead atoms. The van der Waals surface area contributed by atoms with Gasteiger partial charge in [-0.2, -0.15) is 13.2 Å². The molecule has 0 unspecified atom stereocenters. The number of hydrogen-bond acceptors (Lipinski definition) is 5. The molecule has 2 heterocycles. The van der Waals surface area contributed by atoms with E-state index in [0.29, 0.717) is 12.1 Å². The average Bonchev–Trinajstić information content (AvgIpc) is 3.10. The number of nitrogens with zero attached hydrogens (tertiary/aromatic N) is 4. The van der Waals surface area contributed by atoms with Gasteiger partial charge >= 0.3 is 6.18 Å². The first-order chi connectivity index (χ1) is 14.5. The maximum Gasteiger partial charge on any atom is 0.451 e. The van der Waals surface area contributed by atoms with Crippen molar-refractivity contribution in [1.82, 2.24) is 19.7 Å². The monoisotopic (exact) mass is 453 g/mol. The number of fused-ring (bicyclic) bond motifs is 1. The van der Waals surface area contributed by atoms with Gasteiger partial charge in [-0.05, 0) is 18.1 Å². The molecule has 3 rings (SSSR count). The predicted molar refractivity (Wildman–Crippen MR) is 91.7 cm³/mol. The highest BCUT2D eigenvalue weighted by Gasteiger charge is 2.40. The van der Waals surface area contributed by atoms with Crippen molar-refractivity contribution in [2.24, 2.45) is 5.73 Å². The lowest BCUT2D eigenvalue weighted by atomic mass is 10.0. The van der Waals surface area contributed by atoms with Gasteiger partial charge in [0.25, 0.3) is 6.47 Å². The number of amides is 1. The van der Waals surface area contributed by atoms with E-state index in [-0.39, 0.29) is 50.3 Å². The zero-order valence-electron chi connectivity index (χ0n) is 15.7. The topological polar surface area (TPSA) is 114 Å². The smallest absolute Gasteiger partial charge is 0.451 e. The summed E-state index contributed by atoms with van der Waals surface area (Å²) in [5.74, 6) is -5.15. The molecule has 0 spiro atoms. The molecule has 1 aliphatic rings. The number of nitrogens with two attached hydrogens (primary N) is 1. The lowest BCUT2D eigenvalue weighted by Crippen LogP contribution is -2.42. The van der Waals surface area contributed by atoms with Crippen LogP contribution in [-0.4, -0.2) is 49.7 Å². The maximum absolute atomic E-state index is 13.7.